The van der Waals surface area contributed by atoms with Crippen molar-refractivity contribution in [3.63, 3.8) is 0 Å². The van der Waals surface area contributed by atoms with E-state index in [1.54, 1.807) is 24.3 Å². The predicted octanol–water partition coefficient (Wildman–Crippen LogP) is 2.64. The van der Waals surface area contributed by atoms with Crippen LogP contribution >= 0.6 is 0 Å². The summed E-state index contributed by atoms with van der Waals surface area (Å²) < 4.78 is 18.8. The number of para-hydroxylation sites is 1. The number of ether oxygens (including phenoxy) is 1. The zero-order valence-electron chi connectivity index (χ0n) is 11.4. The largest absolute Gasteiger partial charge is 0.496 e. The number of nitrogens with zero attached hydrogens (tertiary/aromatic N) is 1. The van der Waals surface area contributed by atoms with Crippen molar-refractivity contribution < 1.29 is 13.9 Å². The molecule has 0 aliphatic carbocycles. The van der Waals surface area contributed by atoms with E-state index in [0.29, 0.717) is 16.9 Å². The third-order valence-corrected chi connectivity index (χ3v) is 2.97. The number of methoxy groups -OCH3 is 1. The number of nitrogens with one attached hydrogen (secondary N) is 1. The second kappa shape index (κ2) is 6.53. The van der Waals surface area contributed by atoms with Crippen LogP contribution in [0.15, 0.2) is 42.5 Å². The van der Waals surface area contributed by atoms with Crippen LogP contribution in [0, 0.1) is 17.1 Å². The van der Waals surface area contributed by atoms with Crippen LogP contribution in [-0.4, -0.2) is 13.0 Å². The minimum Gasteiger partial charge on any atom is -0.496 e. The van der Waals surface area contributed by atoms with Gasteiger partial charge in [0, 0.05) is 12.1 Å². The van der Waals surface area contributed by atoms with E-state index in [0.717, 1.165) is 6.07 Å². The van der Waals surface area contributed by atoms with E-state index < -0.39 is 5.82 Å². The summed E-state index contributed by atoms with van der Waals surface area (Å²) >= 11 is 0. The lowest BCUT2D eigenvalue weighted by atomic mass is 10.1. The number of hydrogen-bond donors (Lipinski definition) is 1. The van der Waals surface area contributed by atoms with Crippen LogP contribution in [0.5, 0.6) is 5.75 Å². The predicted molar refractivity (Wildman–Crippen MR) is 75.3 cm³/mol. The van der Waals surface area contributed by atoms with E-state index in [2.05, 4.69) is 5.32 Å². The summed E-state index contributed by atoms with van der Waals surface area (Å²) in [5, 5.41) is 11.3. The molecule has 21 heavy (non-hydrogen) atoms. The number of halogens is 1. The number of carbonyl (C=O) groups is 1. The van der Waals surface area contributed by atoms with Crippen molar-refractivity contribution in [1.82, 2.24) is 5.32 Å². The van der Waals surface area contributed by atoms with Gasteiger partial charge in [-0.25, -0.2) is 4.39 Å². The maximum atomic E-state index is 13.7. The average Bonchev–Trinajstić information content (AvgIpc) is 2.53. The van der Waals surface area contributed by atoms with Crippen molar-refractivity contribution in [2.75, 3.05) is 7.11 Å². The Hall–Kier alpha value is -2.87. The standard InChI is InChI=1S/C16H13FN2O2/c1-21-15-5-3-2-4-13(15)16(20)19-10-12-7-6-11(9-18)8-14(12)17/h2-8H,10H2,1H3,(H,19,20). The third kappa shape index (κ3) is 3.37. The number of carbonyl (C=O) groups excluding carboxylic acids is 1. The Morgan fingerprint density at radius 1 is 1.33 bits per heavy atom. The summed E-state index contributed by atoms with van der Waals surface area (Å²) in [4.78, 5) is 12.1. The zero-order valence-corrected chi connectivity index (χ0v) is 11.4. The Bertz CT molecular complexity index is 708. The van der Waals surface area contributed by atoms with E-state index in [9.17, 15) is 9.18 Å². The first-order chi connectivity index (χ1) is 10.2. The molecule has 0 fully saturated rings. The van der Waals surface area contributed by atoms with Crippen molar-refractivity contribution in [2.24, 2.45) is 0 Å². The monoisotopic (exact) mass is 284 g/mol. The number of rotatable bonds is 4. The number of amides is 1. The van der Waals surface area contributed by atoms with Crippen molar-refractivity contribution >= 4 is 5.91 Å². The van der Waals surface area contributed by atoms with Gasteiger partial charge in [-0.05, 0) is 24.3 Å². The molecule has 2 aromatic carbocycles. The molecule has 0 bridgehead atoms. The molecule has 2 aromatic rings. The second-order valence-electron chi connectivity index (χ2n) is 4.30. The van der Waals surface area contributed by atoms with Crippen LogP contribution in [-0.2, 0) is 6.54 Å². The van der Waals surface area contributed by atoms with Gasteiger partial charge in [-0.2, -0.15) is 5.26 Å². The van der Waals surface area contributed by atoms with E-state index in [1.807, 2.05) is 6.07 Å². The summed E-state index contributed by atoms with van der Waals surface area (Å²) in [6.07, 6.45) is 0. The van der Waals surface area contributed by atoms with Gasteiger partial charge in [0.1, 0.15) is 11.6 Å². The number of nitriles is 1. The molecule has 0 radical (unpaired) electrons. The van der Waals surface area contributed by atoms with E-state index in [4.69, 9.17) is 10.00 Å². The fraction of sp³-hybridized carbons (Fsp3) is 0.125. The molecule has 1 N–H and O–H groups in total. The Morgan fingerprint density at radius 3 is 2.76 bits per heavy atom. The van der Waals surface area contributed by atoms with Gasteiger partial charge >= 0.3 is 0 Å². The topological polar surface area (TPSA) is 62.1 Å². The first-order valence-electron chi connectivity index (χ1n) is 6.25. The minimum absolute atomic E-state index is 0.0361. The first kappa shape index (κ1) is 14.5. The van der Waals surface area contributed by atoms with Crippen LogP contribution in [0.4, 0.5) is 4.39 Å². The lowest BCUT2D eigenvalue weighted by Gasteiger charge is -2.09. The Balaban J connectivity index is 2.10. The highest BCUT2D eigenvalue weighted by Crippen LogP contribution is 2.17. The molecule has 1 amide bonds. The molecule has 0 saturated carbocycles. The van der Waals surface area contributed by atoms with Gasteiger partial charge in [0.2, 0.25) is 0 Å². The lowest BCUT2D eigenvalue weighted by Crippen LogP contribution is -2.23. The molecule has 0 unspecified atom stereocenters. The molecule has 2 rings (SSSR count). The van der Waals surface area contributed by atoms with Crippen molar-refractivity contribution in [3.8, 4) is 11.8 Å². The molecular formula is C16H13FN2O2. The van der Waals surface area contributed by atoms with Crippen molar-refractivity contribution in [1.29, 1.82) is 5.26 Å². The van der Waals surface area contributed by atoms with E-state index >= 15 is 0 Å². The maximum absolute atomic E-state index is 13.7. The minimum atomic E-state index is -0.519. The molecule has 0 aromatic heterocycles. The molecule has 0 aliphatic heterocycles. The fourth-order valence-corrected chi connectivity index (χ4v) is 1.86. The van der Waals surface area contributed by atoms with Gasteiger partial charge in [0.05, 0.1) is 24.3 Å². The molecule has 0 aliphatic rings. The SMILES string of the molecule is COc1ccccc1C(=O)NCc1ccc(C#N)cc1F. The average molecular weight is 284 g/mol. The summed E-state index contributed by atoms with van der Waals surface area (Å²) in [7, 11) is 1.48. The van der Waals surface area contributed by atoms with Crippen LogP contribution in [0.25, 0.3) is 0 Å². The highest BCUT2D eigenvalue weighted by Gasteiger charge is 2.12. The van der Waals surface area contributed by atoms with Gasteiger partial charge in [-0.15, -0.1) is 0 Å². The summed E-state index contributed by atoms with van der Waals surface area (Å²) in [5.74, 6) is -0.416. The van der Waals surface area contributed by atoms with Gasteiger partial charge < -0.3 is 10.1 Å². The maximum Gasteiger partial charge on any atom is 0.255 e. The molecule has 0 spiro atoms. The normalized spacial score (nSPS) is 9.76. The molecule has 0 heterocycles. The van der Waals surface area contributed by atoms with Gasteiger partial charge in [-0.3, -0.25) is 4.79 Å². The van der Waals surface area contributed by atoms with Crippen LogP contribution in [0.2, 0.25) is 0 Å². The molecule has 0 saturated heterocycles. The molecular weight excluding hydrogens is 271 g/mol. The van der Waals surface area contributed by atoms with Gasteiger partial charge in [-0.1, -0.05) is 18.2 Å². The molecule has 0 atom stereocenters. The van der Waals surface area contributed by atoms with Crippen LogP contribution < -0.4 is 10.1 Å². The smallest absolute Gasteiger partial charge is 0.255 e. The Labute approximate surface area is 121 Å². The van der Waals surface area contributed by atoms with Crippen LogP contribution in [0.3, 0.4) is 0 Å². The van der Waals surface area contributed by atoms with E-state index in [-0.39, 0.29) is 18.0 Å². The molecule has 5 heteroatoms. The number of benzene rings is 2. The highest BCUT2D eigenvalue weighted by atomic mass is 19.1. The molecule has 106 valence electrons. The summed E-state index contributed by atoms with van der Waals surface area (Å²) in [6, 6.07) is 12.8. The Morgan fingerprint density at radius 2 is 2.10 bits per heavy atom. The summed E-state index contributed by atoms with van der Waals surface area (Å²) in [6.45, 7) is 0.0361. The van der Waals surface area contributed by atoms with Crippen LogP contribution in [0.1, 0.15) is 21.5 Å². The summed E-state index contributed by atoms with van der Waals surface area (Å²) in [5.41, 5.74) is 0.943. The molecule has 4 nitrogen and oxygen atoms in total. The number of hydrogen-bond acceptors (Lipinski definition) is 3. The third-order valence-electron chi connectivity index (χ3n) is 2.97. The first-order valence-corrected chi connectivity index (χ1v) is 6.25. The fourth-order valence-electron chi connectivity index (χ4n) is 1.86. The lowest BCUT2D eigenvalue weighted by molar-refractivity contribution is 0.0947. The second-order valence-corrected chi connectivity index (χ2v) is 4.30. The quantitative estimate of drug-likeness (QED) is 0.938. The van der Waals surface area contributed by atoms with E-state index in [1.165, 1.54) is 19.2 Å². The van der Waals surface area contributed by atoms with Gasteiger partial charge in [0.25, 0.3) is 5.91 Å². The Kier molecular flexibility index (Phi) is 4.52. The highest BCUT2D eigenvalue weighted by molar-refractivity contribution is 5.96. The zero-order chi connectivity index (χ0) is 15.2. The van der Waals surface area contributed by atoms with Crippen molar-refractivity contribution in [3.05, 3.63) is 65.0 Å². The van der Waals surface area contributed by atoms with Gasteiger partial charge in [0.15, 0.2) is 0 Å². The van der Waals surface area contributed by atoms with Crippen molar-refractivity contribution in [2.45, 2.75) is 6.54 Å².